The summed E-state index contributed by atoms with van der Waals surface area (Å²) < 4.78 is 0. The Hall–Kier alpha value is -0.0800. The van der Waals surface area contributed by atoms with Crippen molar-refractivity contribution in [2.24, 2.45) is 5.73 Å². The molecule has 1 rings (SSSR count). The minimum Gasteiger partial charge on any atom is -0.318 e. The van der Waals surface area contributed by atoms with Crippen LogP contribution in [0.3, 0.4) is 0 Å². The van der Waals surface area contributed by atoms with E-state index in [0.29, 0.717) is 12.2 Å². The molecular weight excluding hydrogens is 124 g/mol. The summed E-state index contributed by atoms with van der Waals surface area (Å²) in [5, 5.41) is 3.34. The van der Waals surface area contributed by atoms with E-state index in [1.807, 2.05) is 0 Å². The van der Waals surface area contributed by atoms with Crippen molar-refractivity contribution in [1.29, 1.82) is 0 Å². The number of nitrogens with two attached hydrogens (primary N) is 1. The number of hydrogen-bond donors (Lipinski definition) is 2. The van der Waals surface area contributed by atoms with Crippen LogP contribution in [0.5, 0.6) is 0 Å². The molecule has 1 fully saturated rings. The van der Waals surface area contributed by atoms with Gasteiger partial charge < -0.3 is 5.73 Å². The molecule has 10 heavy (non-hydrogen) atoms. The molecule has 2 nitrogen and oxygen atoms in total. The molecule has 0 unspecified atom stereocenters. The summed E-state index contributed by atoms with van der Waals surface area (Å²) in [7, 11) is 0. The van der Waals surface area contributed by atoms with Gasteiger partial charge in [-0.1, -0.05) is 19.3 Å². The number of nitrogens with one attached hydrogen (secondary N) is 1. The van der Waals surface area contributed by atoms with Crippen LogP contribution in [0.4, 0.5) is 0 Å². The van der Waals surface area contributed by atoms with Gasteiger partial charge in [0, 0.05) is 12.2 Å². The molecule has 1 aliphatic rings. The van der Waals surface area contributed by atoms with Crippen molar-refractivity contribution in [2.45, 2.75) is 44.6 Å². The van der Waals surface area contributed by atoms with E-state index in [1.165, 1.54) is 32.1 Å². The first-order valence-corrected chi connectivity index (χ1v) is 4.22. The van der Waals surface area contributed by atoms with Crippen LogP contribution in [0.1, 0.15) is 39.0 Å². The summed E-state index contributed by atoms with van der Waals surface area (Å²) in [5.74, 6) is 0. The molecule has 0 amide bonds. The van der Waals surface area contributed by atoms with Crippen molar-refractivity contribution >= 4 is 0 Å². The Morgan fingerprint density at radius 3 is 2.40 bits per heavy atom. The third kappa shape index (κ3) is 1.96. The topological polar surface area (TPSA) is 38.0 Å². The van der Waals surface area contributed by atoms with Gasteiger partial charge in [-0.2, -0.15) is 0 Å². The zero-order chi connectivity index (χ0) is 7.45. The molecule has 0 saturated heterocycles. The highest BCUT2D eigenvalue weighted by atomic mass is 15.0. The minimum absolute atomic E-state index is 0.354. The van der Waals surface area contributed by atoms with E-state index in [4.69, 9.17) is 5.73 Å². The fourth-order valence-corrected chi connectivity index (χ4v) is 1.76. The Balaban J connectivity index is 2.32. The standard InChI is InChI=1S/C8H18N2/c1-8(10-7-9)5-3-2-4-6-8/h10H,2-7,9H2,1H3. The van der Waals surface area contributed by atoms with E-state index in [0.717, 1.165) is 0 Å². The molecule has 1 saturated carbocycles. The molecule has 0 atom stereocenters. The van der Waals surface area contributed by atoms with Gasteiger partial charge in [-0.25, -0.2) is 0 Å². The summed E-state index contributed by atoms with van der Waals surface area (Å²) in [4.78, 5) is 0. The molecule has 0 bridgehead atoms. The van der Waals surface area contributed by atoms with Crippen LogP contribution < -0.4 is 11.1 Å². The van der Waals surface area contributed by atoms with Crippen molar-refractivity contribution in [3.05, 3.63) is 0 Å². The van der Waals surface area contributed by atoms with E-state index in [2.05, 4.69) is 12.2 Å². The Labute approximate surface area is 63.2 Å². The zero-order valence-electron chi connectivity index (χ0n) is 6.82. The Kier molecular flexibility index (Phi) is 2.69. The normalized spacial score (nSPS) is 24.6. The second-order valence-electron chi connectivity index (χ2n) is 3.50. The second-order valence-corrected chi connectivity index (χ2v) is 3.50. The van der Waals surface area contributed by atoms with Gasteiger partial charge in [-0.05, 0) is 19.8 Å². The molecule has 1 aliphatic carbocycles. The average molecular weight is 142 g/mol. The predicted molar refractivity (Wildman–Crippen MR) is 43.7 cm³/mol. The lowest BCUT2D eigenvalue weighted by Gasteiger charge is -2.34. The van der Waals surface area contributed by atoms with Crippen LogP contribution in [-0.4, -0.2) is 12.2 Å². The maximum absolute atomic E-state index is 5.43. The number of rotatable bonds is 2. The van der Waals surface area contributed by atoms with Gasteiger partial charge in [-0.15, -0.1) is 0 Å². The van der Waals surface area contributed by atoms with E-state index < -0.39 is 0 Å². The monoisotopic (exact) mass is 142 g/mol. The first-order valence-electron chi connectivity index (χ1n) is 4.22. The summed E-state index contributed by atoms with van der Waals surface area (Å²) >= 11 is 0. The largest absolute Gasteiger partial charge is 0.318 e. The van der Waals surface area contributed by atoms with Crippen LogP contribution in [-0.2, 0) is 0 Å². The van der Waals surface area contributed by atoms with Gasteiger partial charge in [0.2, 0.25) is 0 Å². The van der Waals surface area contributed by atoms with Crippen molar-refractivity contribution in [3.63, 3.8) is 0 Å². The van der Waals surface area contributed by atoms with E-state index >= 15 is 0 Å². The first kappa shape index (κ1) is 8.02. The first-order chi connectivity index (χ1) is 4.77. The highest BCUT2D eigenvalue weighted by Crippen LogP contribution is 2.26. The maximum Gasteiger partial charge on any atom is 0.0433 e. The van der Waals surface area contributed by atoms with Crippen molar-refractivity contribution in [2.75, 3.05) is 6.67 Å². The Morgan fingerprint density at radius 1 is 1.30 bits per heavy atom. The molecule has 0 aliphatic heterocycles. The lowest BCUT2D eigenvalue weighted by molar-refractivity contribution is 0.257. The molecule has 0 aromatic rings. The number of hydrogen-bond acceptors (Lipinski definition) is 2. The van der Waals surface area contributed by atoms with Crippen molar-refractivity contribution < 1.29 is 0 Å². The van der Waals surface area contributed by atoms with Crippen molar-refractivity contribution in [3.8, 4) is 0 Å². The molecule has 0 radical (unpaired) electrons. The highest BCUT2D eigenvalue weighted by molar-refractivity contribution is 4.85. The van der Waals surface area contributed by atoms with E-state index in [1.54, 1.807) is 0 Å². The van der Waals surface area contributed by atoms with Gasteiger partial charge in [0.1, 0.15) is 0 Å². The minimum atomic E-state index is 0.354. The van der Waals surface area contributed by atoms with Gasteiger partial charge in [-0.3, -0.25) is 5.32 Å². The molecule has 0 aromatic heterocycles. The van der Waals surface area contributed by atoms with Gasteiger partial charge in [0.05, 0.1) is 0 Å². The summed E-state index contributed by atoms with van der Waals surface area (Å²) in [6.45, 7) is 2.90. The molecule has 0 spiro atoms. The zero-order valence-corrected chi connectivity index (χ0v) is 6.82. The molecule has 0 aromatic carbocycles. The third-order valence-corrected chi connectivity index (χ3v) is 2.49. The SMILES string of the molecule is CC1(NCN)CCCCC1. The lowest BCUT2D eigenvalue weighted by atomic mass is 9.83. The third-order valence-electron chi connectivity index (χ3n) is 2.49. The molecule has 60 valence electrons. The maximum atomic E-state index is 5.43. The van der Waals surface area contributed by atoms with Gasteiger partial charge in [0.25, 0.3) is 0 Å². The lowest BCUT2D eigenvalue weighted by Crippen LogP contribution is -2.46. The molecule has 2 heteroatoms. The van der Waals surface area contributed by atoms with Crippen LogP contribution in [0.2, 0.25) is 0 Å². The molecule has 3 N–H and O–H groups in total. The Morgan fingerprint density at radius 2 is 1.90 bits per heavy atom. The molecule has 0 heterocycles. The van der Waals surface area contributed by atoms with Crippen LogP contribution in [0.25, 0.3) is 0 Å². The summed E-state index contributed by atoms with van der Waals surface area (Å²) in [6, 6.07) is 0. The smallest absolute Gasteiger partial charge is 0.0433 e. The highest BCUT2D eigenvalue weighted by Gasteiger charge is 2.24. The summed E-state index contributed by atoms with van der Waals surface area (Å²) in [6.07, 6.45) is 6.73. The molecular formula is C8H18N2. The summed E-state index contributed by atoms with van der Waals surface area (Å²) in [5.41, 5.74) is 5.79. The van der Waals surface area contributed by atoms with E-state index in [9.17, 15) is 0 Å². The van der Waals surface area contributed by atoms with Gasteiger partial charge >= 0.3 is 0 Å². The van der Waals surface area contributed by atoms with Crippen molar-refractivity contribution in [1.82, 2.24) is 5.32 Å². The average Bonchev–Trinajstić information content (AvgIpc) is 1.89. The van der Waals surface area contributed by atoms with Crippen LogP contribution in [0, 0.1) is 0 Å². The van der Waals surface area contributed by atoms with E-state index in [-0.39, 0.29) is 0 Å². The fraction of sp³-hybridized carbons (Fsp3) is 1.00. The fourth-order valence-electron chi connectivity index (χ4n) is 1.76. The Bertz CT molecular complexity index is 89.9. The quantitative estimate of drug-likeness (QED) is 0.569. The predicted octanol–water partition coefficient (Wildman–Crippen LogP) is 1.21. The second kappa shape index (κ2) is 3.35. The van der Waals surface area contributed by atoms with Gasteiger partial charge in [0.15, 0.2) is 0 Å². The van der Waals surface area contributed by atoms with Crippen LogP contribution in [0.15, 0.2) is 0 Å². The van der Waals surface area contributed by atoms with Crippen LogP contribution >= 0.6 is 0 Å².